The second-order valence-electron chi connectivity index (χ2n) is 13.4. The fourth-order valence-electron chi connectivity index (χ4n) is 8.39. The standard InChI is InChI=1S/C33H47F5O3S/c1-31-17-15-27-26-12-11-23(22-39)20-25(26)21-24(30(27)28(31)13-14-29(31)40)10-7-5-3-2-4-6-8-18-42(41)19-9-16-32(34,35)33(36,37)38/h11-12,20,22,24,27-30,40H,2-10,13-19,21H2,1H3/t24-,27?,28?,29+,30?,31+,42?/m1/s1. The summed E-state index contributed by atoms with van der Waals surface area (Å²) in [6.45, 7) is 2.30. The number of halogens is 5. The Morgan fingerprint density at radius 1 is 0.976 bits per heavy atom. The molecule has 1 N–H and O–H groups in total. The van der Waals surface area contributed by atoms with E-state index in [1.54, 1.807) is 0 Å². The lowest BCUT2D eigenvalue weighted by atomic mass is 9.52. The molecular formula is C33H47F5O3S. The number of benzene rings is 1. The topological polar surface area (TPSA) is 60.4 Å². The van der Waals surface area contributed by atoms with Crippen molar-refractivity contribution in [3.63, 3.8) is 0 Å². The molecule has 0 spiro atoms. The monoisotopic (exact) mass is 618 g/mol. The van der Waals surface area contributed by atoms with Gasteiger partial charge in [0.05, 0.1) is 6.10 Å². The number of unbranched alkanes of at least 4 members (excludes halogenated alkanes) is 6. The Balaban J connectivity index is 1.17. The zero-order chi connectivity index (χ0) is 30.5. The van der Waals surface area contributed by atoms with Crippen molar-refractivity contribution in [2.24, 2.45) is 23.2 Å². The fraction of sp³-hybridized carbons (Fsp3) is 0.788. The molecule has 7 atom stereocenters. The van der Waals surface area contributed by atoms with Crippen molar-refractivity contribution in [3.8, 4) is 0 Å². The van der Waals surface area contributed by atoms with Gasteiger partial charge < -0.3 is 9.66 Å². The minimum absolute atomic E-state index is 0.0114. The molecule has 4 rings (SSSR count). The van der Waals surface area contributed by atoms with E-state index in [0.29, 0.717) is 35.8 Å². The minimum atomic E-state index is -5.54. The molecule has 0 saturated heterocycles. The molecule has 2 fully saturated rings. The van der Waals surface area contributed by atoms with Crippen molar-refractivity contribution in [1.29, 1.82) is 0 Å². The van der Waals surface area contributed by atoms with Crippen LogP contribution in [-0.4, -0.2) is 45.7 Å². The highest BCUT2D eigenvalue weighted by Gasteiger charge is 2.57. The number of aliphatic hydroxyl groups is 1. The van der Waals surface area contributed by atoms with Gasteiger partial charge in [0.1, 0.15) is 17.8 Å². The number of fused-ring (bicyclic) bond motifs is 5. The van der Waals surface area contributed by atoms with Gasteiger partial charge in [-0.15, -0.1) is 0 Å². The average molecular weight is 619 g/mol. The summed E-state index contributed by atoms with van der Waals surface area (Å²) in [5.41, 5.74) is 3.51. The van der Waals surface area contributed by atoms with E-state index in [1.165, 1.54) is 11.1 Å². The fourth-order valence-corrected chi connectivity index (χ4v) is 9.59. The number of rotatable bonds is 15. The summed E-state index contributed by atoms with van der Waals surface area (Å²) in [4.78, 5) is 11.5. The van der Waals surface area contributed by atoms with Crippen molar-refractivity contribution in [2.75, 3.05) is 11.5 Å². The molecule has 0 aromatic heterocycles. The Hall–Kier alpha value is -1.19. The average Bonchev–Trinajstić information content (AvgIpc) is 3.24. The summed E-state index contributed by atoms with van der Waals surface area (Å²) >= 11 is -1.36. The number of alkyl halides is 5. The molecule has 3 aliphatic carbocycles. The van der Waals surface area contributed by atoms with Crippen LogP contribution in [0.5, 0.6) is 0 Å². The van der Waals surface area contributed by atoms with Crippen LogP contribution in [0.4, 0.5) is 22.0 Å². The van der Waals surface area contributed by atoms with Crippen LogP contribution in [0.2, 0.25) is 0 Å². The Bertz CT molecular complexity index is 1030. The van der Waals surface area contributed by atoms with Crippen LogP contribution >= 0.6 is 0 Å². The van der Waals surface area contributed by atoms with Crippen LogP contribution in [-0.2, 0) is 17.6 Å². The van der Waals surface area contributed by atoms with E-state index in [2.05, 4.69) is 19.1 Å². The van der Waals surface area contributed by atoms with Gasteiger partial charge in [0.2, 0.25) is 0 Å². The van der Waals surface area contributed by atoms with Gasteiger partial charge >= 0.3 is 12.1 Å². The van der Waals surface area contributed by atoms with E-state index in [-0.39, 0.29) is 17.3 Å². The maximum atomic E-state index is 13.0. The summed E-state index contributed by atoms with van der Waals surface area (Å²) in [5, 5.41) is 10.9. The molecule has 9 heteroatoms. The molecule has 1 aromatic rings. The van der Waals surface area contributed by atoms with Gasteiger partial charge in [0, 0.05) is 12.0 Å². The predicted octanol–water partition coefficient (Wildman–Crippen LogP) is 8.79. The Morgan fingerprint density at radius 2 is 1.64 bits per heavy atom. The SMILES string of the molecule is C[C@]12CCC3c4ccc(C=O)cc4C[C@@H](CCCCCCCCC[S+]([O-])CCCC(F)(F)C(F)(F)F)C3C1CC[C@@H]2O. The molecule has 0 aliphatic heterocycles. The highest BCUT2D eigenvalue weighted by atomic mass is 32.2. The zero-order valence-electron chi connectivity index (χ0n) is 24.8. The van der Waals surface area contributed by atoms with Crippen molar-refractivity contribution in [2.45, 2.75) is 127 Å². The largest absolute Gasteiger partial charge is 0.616 e. The third-order valence-electron chi connectivity index (χ3n) is 10.7. The van der Waals surface area contributed by atoms with E-state index in [4.69, 9.17) is 0 Å². The molecule has 3 aliphatic rings. The predicted molar refractivity (Wildman–Crippen MR) is 156 cm³/mol. The van der Waals surface area contributed by atoms with E-state index in [9.17, 15) is 36.4 Å². The molecule has 2 saturated carbocycles. The van der Waals surface area contributed by atoms with Crippen LogP contribution in [0, 0.1) is 23.2 Å². The lowest BCUT2D eigenvalue weighted by Gasteiger charge is -2.53. The number of aldehydes is 1. The third kappa shape index (κ3) is 7.71. The summed E-state index contributed by atoms with van der Waals surface area (Å²) < 4.78 is 74.6. The van der Waals surface area contributed by atoms with E-state index in [0.717, 1.165) is 88.9 Å². The van der Waals surface area contributed by atoms with Gasteiger partial charge in [-0.3, -0.25) is 4.79 Å². The molecule has 4 unspecified atom stereocenters. The molecule has 1 aromatic carbocycles. The second kappa shape index (κ2) is 14.3. The molecule has 238 valence electrons. The molecule has 0 radical (unpaired) electrons. The quantitative estimate of drug-likeness (QED) is 0.0925. The van der Waals surface area contributed by atoms with Gasteiger partial charge in [-0.1, -0.05) is 62.3 Å². The maximum Gasteiger partial charge on any atom is 0.453 e. The van der Waals surface area contributed by atoms with Crippen molar-refractivity contribution >= 4 is 17.5 Å². The second-order valence-corrected chi connectivity index (χ2v) is 15.1. The van der Waals surface area contributed by atoms with Crippen LogP contribution in [0.1, 0.15) is 124 Å². The summed E-state index contributed by atoms with van der Waals surface area (Å²) in [5.74, 6) is -2.29. The van der Waals surface area contributed by atoms with E-state index in [1.807, 2.05) is 6.07 Å². The first-order valence-electron chi connectivity index (χ1n) is 15.9. The lowest BCUT2D eigenvalue weighted by molar-refractivity contribution is -0.284. The first kappa shape index (κ1) is 33.7. The number of hydrogen-bond acceptors (Lipinski definition) is 3. The molecule has 42 heavy (non-hydrogen) atoms. The number of aliphatic hydroxyl groups excluding tert-OH is 1. The van der Waals surface area contributed by atoms with Gasteiger partial charge in [-0.05, 0) is 104 Å². The Labute approximate surface area is 250 Å². The number of carbonyl (C=O) groups excluding carboxylic acids is 1. The van der Waals surface area contributed by atoms with Crippen LogP contribution < -0.4 is 0 Å². The minimum Gasteiger partial charge on any atom is -0.616 e. The zero-order valence-corrected chi connectivity index (χ0v) is 25.6. The van der Waals surface area contributed by atoms with Crippen LogP contribution in [0.15, 0.2) is 18.2 Å². The molecule has 0 amide bonds. The smallest absolute Gasteiger partial charge is 0.453 e. The number of hydrogen-bond donors (Lipinski definition) is 1. The molecule has 3 nitrogen and oxygen atoms in total. The number of carbonyl (C=O) groups is 1. The highest BCUT2D eigenvalue weighted by molar-refractivity contribution is 7.91. The first-order chi connectivity index (χ1) is 19.9. The van der Waals surface area contributed by atoms with Gasteiger partial charge in [-0.2, -0.15) is 22.0 Å². The van der Waals surface area contributed by atoms with Gasteiger partial charge in [-0.25, -0.2) is 0 Å². The first-order valence-corrected chi connectivity index (χ1v) is 17.4. The highest BCUT2D eigenvalue weighted by Crippen LogP contribution is 2.62. The summed E-state index contributed by atoms with van der Waals surface area (Å²) in [6, 6.07) is 6.23. The maximum absolute atomic E-state index is 13.0. The van der Waals surface area contributed by atoms with E-state index < -0.39 is 36.1 Å². The molecule has 0 bridgehead atoms. The summed E-state index contributed by atoms with van der Waals surface area (Å²) in [7, 11) is 0. The normalized spacial score (nSPS) is 30.0. The van der Waals surface area contributed by atoms with Crippen molar-refractivity contribution < 1.29 is 36.4 Å². The van der Waals surface area contributed by atoms with Gasteiger partial charge in [0.15, 0.2) is 0 Å². The summed E-state index contributed by atoms with van der Waals surface area (Å²) in [6.07, 6.45) is 6.84. The molecule has 0 heterocycles. The Morgan fingerprint density at radius 3 is 2.33 bits per heavy atom. The van der Waals surface area contributed by atoms with Gasteiger partial charge in [0.25, 0.3) is 0 Å². The van der Waals surface area contributed by atoms with E-state index >= 15 is 0 Å². The van der Waals surface area contributed by atoms with Crippen LogP contribution in [0.3, 0.4) is 0 Å². The lowest BCUT2D eigenvalue weighted by Crippen LogP contribution is -2.47. The molecular weight excluding hydrogens is 571 g/mol. The van der Waals surface area contributed by atoms with Crippen molar-refractivity contribution in [1.82, 2.24) is 0 Å². The van der Waals surface area contributed by atoms with Crippen LogP contribution in [0.25, 0.3) is 0 Å². The van der Waals surface area contributed by atoms with Crippen molar-refractivity contribution in [3.05, 3.63) is 34.9 Å². The Kier molecular flexibility index (Phi) is 11.5. The third-order valence-corrected chi connectivity index (χ3v) is 12.2.